The molecular formula is C20H23FN4O3. The Hall–Kier alpha value is -2.74. The molecule has 1 heterocycles. The van der Waals surface area contributed by atoms with Gasteiger partial charge in [0, 0.05) is 24.8 Å². The van der Waals surface area contributed by atoms with Crippen LogP contribution in [0.2, 0.25) is 0 Å². The molecule has 0 atom stereocenters. The predicted octanol–water partition coefficient (Wildman–Crippen LogP) is 2.07. The molecule has 2 N–H and O–H groups in total. The van der Waals surface area contributed by atoms with Crippen molar-refractivity contribution in [3.8, 4) is 5.69 Å². The van der Waals surface area contributed by atoms with Crippen molar-refractivity contribution >= 4 is 11.9 Å². The summed E-state index contributed by atoms with van der Waals surface area (Å²) in [6, 6.07) is 7.74. The Balaban J connectivity index is 1.30. The van der Waals surface area contributed by atoms with Gasteiger partial charge in [-0.3, -0.25) is 14.5 Å². The zero-order valence-electron chi connectivity index (χ0n) is 15.4. The highest BCUT2D eigenvalue weighted by Gasteiger charge is 2.38. The van der Waals surface area contributed by atoms with E-state index in [1.807, 2.05) is 4.90 Å². The van der Waals surface area contributed by atoms with Crippen LogP contribution < -0.4 is 5.32 Å². The van der Waals surface area contributed by atoms with Gasteiger partial charge in [0.1, 0.15) is 5.82 Å². The van der Waals surface area contributed by atoms with Crippen LogP contribution in [0.4, 0.5) is 4.39 Å². The number of halogens is 1. The summed E-state index contributed by atoms with van der Waals surface area (Å²) in [6.45, 7) is 0.892. The zero-order chi connectivity index (χ0) is 19.7. The van der Waals surface area contributed by atoms with Gasteiger partial charge < -0.3 is 10.4 Å². The Morgan fingerprint density at radius 2 is 1.93 bits per heavy atom. The Bertz CT molecular complexity index is 857. The van der Waals surface area contributed by atoms with E-state index in [4.69, 9.17) is 5.11 Å². The number of carbonyl (C=O) groups excluding carboxylic acids is 1. The van der Waals surface area contributed by atoms with Crippen molar-refractivity contribution in [1.82, 2.24) is 20.0 Å². The molecule has 2 saturated carbocycles. The average molecular weight is 386 g/mol. The second kappa shape index (κ2) is 7.71. The van der Waals surface area contributed by atoms with E-state index in [1.54, 1.807) is 24.4 Å². The molecule has 2 aromatic rings. The molecule has 8 heteroatoms. The molecular weight excluding hydrogens is 363 g/mol. The first kappa shape index (κ1) is 18.6. The van der Waals surface area contributed by atoms with Gasteiger partial charge in [0.15, 0.2) is 5.69 Å². The van der Waals surface area contributed by atoms with Crippen LogP contribution in [0.3, 0.4) is 0 Å². The van der Waals surface area contributed by atoms with Gasteiger partial charge >= 0.3 is 5.97 Å². The molecule has 0 unspecified atom stereocenters. The number of carbonyl (C=O) groups is 2. The molecule has 4 rings (SSSR count). The lowest BCUT2D eigenvalue weighted by molar-refractivity contribution is -0.139. The maximum absolute atomic E-state index is 13.0. The van der Waals surface area contributed by atoms with Crippen molar-refractivity contribution in [2.75, 3.05) is 13.1 Å². The fourth-order valence-corrected chi connectivity index (χ4v) is 3.59. The fourth-order valence-electron chi connectivity index (χ4n) is 3.59. The Morgan fingerprint density at radius 1 is 1.21 bits per heavy atom. The lowest BCUT2D eigenvalue weighted by Crippen LogP contribution is -2.55. The fraction of sp³-hybridized carbons (Fsp3) is 0.450. The lowest BCUT2D eigenvalue weighted by atomic mass is 9.85. The third kappa shape index (κ3) is 4.39. The first-order valence-corrected chi connectivity index (χ1v) is 9.56. The number of hydrogen-bond donors (Lipinski definition) is 2. The molecule has 0 spiro atoms. The number of aliphatic carboxylic acids is 1. The van der Waals surface area contributed by atoms with Crippen molar-refractivity contribution in [2.45, 2.75) is 37.8 Å². The number of nitrogens with zero attached hydrogens (tertiary/aromatic N) is 3. The number of amides is 1. The van der Waals surface area contributed by atoms with Crippen LogP contribution in [0.25, 0.3) is 5.69 Å². The third-order valence-electron chi connectivity index (χ3n) is 5.41. The van der Waals surface area contributed by atoms with Crippen molar-refractivity contribution in [1.29, 1.82) is 0 Å². The van der Waals surface area contributed by atoms with Crippen molar-refractivity contribution in [2.24, 2.45) is 5.92 Å². The van der Waals surface area contributed by atoms with Crippen LogP contribution in [-0.4, -0.2) is 56.8 Å². The Kier molecular flexibility index (Phi) is 5.13. The molecule has 0 radical (unpaired) electrons. The smallest absolute Gasteiger partial charge is 0.317 e. The molecule has 28 heavy (non-hydrogen) atoms. The van der Waals surface area contributed by atoms with Crippen LogP contribution in [-0.2, 0) is 4.79 Å². The van der Waals surface area contributed by atoms with Crippen molar-refractivity contribution in [3.05, 3.63) is 48.0 Å². The van der Waals surface area contributed by atoms with E-state index in [9.17, 15) is 14.0 Å². The number of carboxylic acid groups (broad SMARTS) is 1. The SMILES string of the molecule is O=C(O)CN(CC1CC1)C1CC(NC(=O)c2ccn(-c3ccc(F)cc3)n2)C1. The van der Waals surface area contributed by atoms with Crippen LogP contribution in [0.15, 0.2) is 36.5 Å². The Labute approximate surface area is 162 Å². The van der Waals surface area contributed by atoms with Crippen LogP contribution >= 0.6 is 0 Å². The van der Waals surface area contributed by atoms with Gasteiger partial charge in [0.2, 0.25) is 0 Å². The monoisotopic (exact) mass is 386 g/mol. The number of rotatable bonds is 8. The number of carboxylic acids is 1. The minimum Gasteiger partial charge on any atom is -0.480 e. The van der Waals surface area contributed by atoms with E-state index in [-0.39, 0.29) is 30.4 Å². The minimum absolute atomic E-state index is 0.0315. The van der Waals surface area contributed by atoms with E-state index in [0.717, 1.165) is 19.4 Å². The van der Waals surface area contributed by atoms with Gasteiger partial charge in [-0.05, 0) is 61.9 Å². The largest absolute Gasteiger partial charge is 0.480 e. The second-order valence-corrected chi connectivity index (χ2v) is 7.68. The first-order chi connectivity index (χ1) is 13.5. The quantitative estimate of drug-likeness (QED) is 0.725. The van der Waals surface area contributed by atoms with Crippen LogP contribution in [0.1, 0.15) is 36.2 Å². The van der Waals surface area contributed by atoms with Gasteiger partial charge in [0.25, 0.3) is 5.91 Å². The summed E-state index contributed by atoms with van der Waals surface area (Å²) in [5, 5.41) is 16.3. The predicted molar refractivity (Wildman–Crippen MR) is 99.7 cm³/mol. The van der Waals surface area contributed by atoms with Gasteiger partial charge in [0.05, 0.1) is 12.2 Å². The number of aromatic nitrogens is 2. The summed E-state index contributed by atoms with van der Waals surface area (Å²) in [4.78, 5) is 25.6. The summed E-state index contributed by atoms with van der Waals surface area (Å²) in [5.41, 5.74) is 0.974. The van der Waals surface area contributed by atoms with Gasteiger partial charge in [-0.15, -0.1) is 0 Å². The van der Waals surface area contributed by atoms with Crippen LogP contribution in [0, 0.1) is 11.7 Å². The molecule has 1 aromatic heterocycles. The van der Waals surface area contributed by atoms with E-state index < -0.39 is 5.97 Å². The zero-order valence-corrected chi connectivity index (χ0v) is 15.4. The molecule has 2 aliphatic rings. The highest BCUT2D eigenvalue weighted by Crippen LogP contribution is 2.33. The standard InChI is InChI=1S/C20H23FN4O3/c21-14-3-5-16(6-4-14)25-8-7-18(23-25)20(28)22-15-9-17(10-15)24(12-19(26)27)11-13-1-2-13/h3-8,13,15,17H,1-2,9-12H2,(H,22,28)(H,26,27). The van der Waals surface area contributed by atoms with Crippen molar-refractivity contribution in [3.63, 3.8) is 0 Å². The molecule has 1 aromatic carbocycles. The molecule has 0 saturated heterocycles. The van der Waals surface area contributed by atoms with E-state index in [0.29, 0.717) is 17.3 Å². The average Bonchev–Trinajstić information content (AvgIpc) is 3.29. The lowest BCUT2D eigenvalue weighted by Gasteiger charge is -2.42. The molecule has 1 amide bonds. The van der Waals surface area contributed by atoms with Crippen molar-refractivity contribution < 1.29 is 19.1 Å². The number of nitrogens with one attached hydrogen (secondary N) is 1. The minimum atomic E-state index is -0.806. The molecule has 7 nitrogen and oxygen atoms in total. The Morgan fingerprint density at radius 3 is 2.57 bits per heavy atom. The highest BCUT2D eigenvalue weighted by atomic mass is 19.1. The number of benzene rings is 1. The molecule has 148 valence electrons. The third-order valence-corrected chi connectivity index (χ3v) is 5.41. The van der Waals surface area contributed by atoms with E-state index in [1.165, 1.54) is 29.7 Å². The summed E-state index contributed by atoms with van der Waals surface area (Å²) < 4.78 is 14.6. The molecule has 0 aliphatic heterocycles. The summed E-state index contributed by atoms with van der Waals surface area (Å²) >= 11 is 0. The molecule has 0 bridgehead atoms. The van der Waals surface area contributed by atoms with Crippen LogP contribution in [0.5, 0.6) is 0 Å². The molecule has 2 fully saturated rings. The summed E-state index contributed by atoms with van der Waals surface area (Å²) in [6.07, 6.45) is 5.53. The van der Waals surface area contributed by atoms with Gasteiger partial charge in [-0.25, -0.2) is 9.07 Å². The van der Waals surface area contributed by atoms with Gasteiger partial charge in [-0.2, -0.15) is 5.10 Å². The van der Waals surface area contributed by atoms with E-state index >= 15 is 0 Å². The first-order valence-electron chi connectivity index (χ1n) is 9.56. The highest BCUT2D eigenvalue weighted by molar-refractivity contribution is 5.92. The second-order valence-electron chi connectivity index (χ2n) is 7.68. The topological polar surface area (TPSA) is 87.5 Å². The normalized spacial score (nSPS) is 21.4. The van der Waals surface area contributed by atoms with E-state index in [2.05, 4.69) is 10.4 Å². The summed E-state index contributed by atoms with van der Waals surface area (Å²) in [5.74, 6) is -0.758. The summed E-state index contributed by atoms with van der Waals surface area (Å²) in [7, 11) is 0. The maximum Gasteiger partial charge on any atom is 0.317 e. The molecule has 2 aliphatic carbocycles. The number of hydrogen-bond acceptors (Lipinski definition) is 4. The van der Waals surface area contributed by atoms with Gasteiger partial charge in [-0.1, -0.05) is 0 Å². The maximum atomic E-state index is 13.0.